The maximum atomic E-state index is 12.6. The van der Waals surface area contributed by atoms with Crippen molar-refractivity contribution in [2.45, 2.75) is 72.1 Å². The summed E-state index contributed by atoms with van der Waals surface area (Å²) in [6, 6.07) is 6.27. The first-order valence-corrected chi connectivity index (χ1v) is 12.9. The Balaban J connectivity index is 1.28. The smallest absolute Gasteiger partial charge is 0.330 e. The van der Waals surface area contributed by atoms with Crippen molar-refractivity contribution in [2.24, 2.45) is 33.5 Å². The van der Waals surface area contributed by atoms with E-state index in [-0.39, 0.29) is 17.1 Å². The molecule has 1 spiro atoms. The lowest BCUT2D eigenvalue weighted by Gasteiger charge is -2.64. The van der Waals surface area contributed by atoms with E-state index in [9.17, 15) is 14.9 Å². The number of esters is 1. The number of benzene rings is 1. The lowest BCUT2D eigenvalue weighted by atomic mass is 9.40. The number of carbonyl (C=O) groups excluding carboxylic acids is 1. The van der Waals surface area contributed by atoms with Gasteiger partial charge in [0.05, 0.1) is 11.5 Å². The van der Waals surface area contributed by atoms with E-state index in [1.807, 2.05) is 0 Å². The fourth-order valence-electron chi connectivity index (χ4n) is 8.63. The molecule has 5 nitrogen and oxygen atoms in total. The highest BCUT2D eigenvalue weighted by atomic mass is 16.6. The van der Waals surface area contributed by atoms with E-state index in [1.54, 1.807) is 18.2 Å². The summed E-state index contributed by atoms with van der Waals surface area (Å²) in [5.41, 5.74) is 1.71. The molecule has 0 saturated heterocycles. The molecule has 3 fully saturated rings. The van der Waals surface area contributed by atoms with Crippen molar-refractivity contribution in [3.05, 3.63) is 58.2 Å². The highest BCUT2D eigenvalue weighted by Crippen LogP contribution is 2.71. The molecular formula is C29H37NO4. The molecule has 0 aliphatic heterocycles. The summed E-state index contributed by atoms with van der Waals surface area (Å²) >= 11 is 0. The van der Waals surface area contributed by atoms with Crippen LogP contribution in [0, 0.1) is 43.6 Å². The Kier molecular flexibility index (Phi) is 5.53. The molecule has 34 heavy (non-hydrogen) atoms. The van der Waals surface area contributed by atoms with Crippen molar-refractivity contribution >= 4 is 17.7 Å². The first-order valence-electron chi connectivity index (χ1n) is 12.9. The maximum Gasteiger partial charge on any atom is 0.330 e. The van der Waals surface area contributed by atoms with Gasteiger partial charge in [-0.05, 0) is 84.7 Å². The number of nitrogens with zero attached hydrogens (tertiary/aromatic N) is 1. The largest absolute Gasteiger partial charge is 0.462 e. The van der Waals surface area contributed by atoms with Crippen molar-refractivity contribution in [1.29, 1.82) is 0 Å². The van der Waals surface area contributed by atoms with Crippen LogP contribution in [0.5, 0.6) is 0 Å². The zero-order valence-corrected chi connectivity index (χ0v) is 20.7. The number of non-ortho nitro benzene ring substituents is 1. The summed E-state index contributed by atoms with van der Waals surface area (Å²) in [5.74, 6) is 0.922. The molecule has 182 valence electrons. The number of carbonyl (C=O) groups is 1. The van der Waals surface area contributed by atoms with Crippen molar-refractivity contribution in [3.63, 3.8) is 0 Å². The molecule has 1 aromatic rings. The fraction of sp³-hybridized carbons (Fsp3) is 0.621. The Hall–Kier alpha value is -2.43. The van der Waals surface area contributed by atoms with Crippen molar-refractivity contribution in [3.8, 4) is 0 Å². The third kappa shape index (κ3) is 3.81. The first kappa shape index (κ1) is 23.3. The fourth-order valence-corrected chi connectivity index (χ4v) is 8.63. The van der Waals surface area contributed by atoms with Crippen LogP contribution in [0.3, 0.4) is 0 Å². The molecule has 2 bridgehead atoms. The molecule has 5 rings (SSSR count). The van der Waals surface area contributed by atoms with Gasteiger partial charge in [0.15, 0.2) is 0 Å². The average Bonchev–Trinajstić information content (AvgIpc) is 3.05. The number of rotatable bonds is 5. The summed E-state index contributed by atoms with van der Waals surface area (Å²) in [5, 5.41) is 11.0. The van der Waals surface area contributed by atoms with Gasteiger partial charge in [-0.1, -0.05) is 51.5 Å². The standard InChI is InChI=1S/C29H37NO4/c1-26-14-10-24-28(3)13-5-12-27(2,23(28)11-15-29(24,19-26)17-16-26)20-34-25(31)9-8-21-6-4-7-22(18-21)30(32)33/h4,6-9,16-18,23-24H,5,10-15,19-20H2,1-3H3/b9-8+/t23-,24+,26-,27-,28-,29+/m1/s1. The minimum absolute atomic E-state index is 0.00723. The monoisotopic (exact) mass is 463 g/mol. The minimum atomic E-state index is -0.432. The Bertz CT molecular complexity index is 1060. The average molecular weight is 464 g/mol. The molecule has 0 unspecified atom stereocenters. The summed E-state index contributed by atoms with van der Waals surface area (Å²) < 4.78 is 5.82. The van der Waals surface area contributed by atoms with Gasteiger partial charge in [0.25, 0.3) is 5.69 Å². The van der Waals surface area contributed by atoms with Crippen LogP contribution in [0.25, 0.3) is 6.08 Å². The van der Waals surface area contributed by atoms with Crippen LogP contribution in [0.1, 0.15) is 77.7 Å². The summed E-state index contributed by atoms with van der Waals surface area (Å²) in [7, 11) is 0. The van der Waals surface area contributed by atoms with Crippen molar-refractivity contribution < 1.29 is 14.5 Å². The quantitative estimate of drug-likeness (QED) is 0.153. The van der Waals surface area contributed by atoms with Crippen LogP contribution in [-0.4, -0.2) is 17.5 Å². The predicted octanol–water partition coefficient (Wildman–Crippen LogP) is 7.12. The van der Waals surface area contributed by atoms with E-state index in [0.717, 1.165) is 12.3 Å². The maximum absolute atomic E-state index is 12.6. The van der Waals surface area contributed by atoms with Gasteiger partial charge in [-0.15, -0.1) is 0 Å². The Morgan fingerprint density at radius 2 is 1.91 bits per heavy atom. The normalized spacial score (nSPS) is 40.6. The second-order valence-corrected chi connectivity index (χ2v) is 12.4. The molecule has 4 aliphatic rings. The third-order valence-corrected chi connectivity index (χ3v) is 10.1. The molecule has 0 N–H and O–H groups in total. The van der Waals surface area contributed by atoms with Gasteiger partial charge in [0.2, 0.25) is 0 Å². The highest BCUT2D eigenvalue weighted by Gasteiger charge is 2.63. The number of nitro benzene ring substituents is 1. The van der Waals surface area contributed by atoms with E-state index in [2.05, 4.69) is 32.9 Å². The van der Waals surface area contributed by atoms with Crippen molar-refractivity contribution in [2.75, 3.05) is 6.61 Å². The van der Waals surface area contributed by atoms with Crippen LogP contribution in [0.4, 0.5) is 5.69 Å². The first-order chi connectivity index (χ1) is 16.1. The van der Waals surface area contributed by atoms with Gasteiger partial charge in [-0.2, -0.15) is 0 Å². The molecule has 6 atom stereocenters. The number of allylic oxidation sites excluding steroid dienone is 2. The molecule has 0 radical (unpaired) electrons. The van der Waals surface area contributed by atoms with Crippen LogP contribution >= 0.6 is 0 Å². The molecule has 0 amide bonds. The minimum Gasteiger partial charge on any atom is -0.462 e. The van der Waals surface area contributed by atoms with E-state index < -0.39 is 4.92 Å². The molecule has 0 heterocycles. The van der Waals surface area contributed by atoms with Crippen LogP contribution < -0.4 is 0 Å². The van der Waals surface area contributed by atoms with Crippen LogP contribution in [-0.2, 0) is 9.53 Å². The molecule has 5 heteroatoms. The molecule has 1 aromatic carbocycles. The second kappa shape index (κ2) is 8.07. The summed E-state index contributed by atoms with van der Waals surface area (Å²) in [6.07, 6.45) is 18.1. The van der Waals surface area contributed by atoms with Crippen LogP contribution in [0.15, 0.2) is 42.5 Å². The van der Waals surface area contributed by atoms with Gasteiger partial charge in [-0.3, -0.25) is 10.1 Å². The highest BCUT2D eigenvalue weighted by molar-refractivity contribution is 5.87. The predicted molar refractivity (Wildman–Crippen MR) is 133 cm³/mol. The molecule has 3 saturated carbocycles. The van der Waals surface area contributed by atoms with E-state index in [0.29, 0.717) is 34.3 Å². The number of nitro groups is 1. The number of fused-ring (bicyclic) bond motifs is 3. The van der Waals surface area contributed by atoms with Gasteiger partial charge >= 0.3 is 5.97 Å². The van der Waals surface area contributed by atoms with Crippen molar-refractivity contribution in [1.82, 2.24) is 0 Å². The zero-order valence-electron chi connectivity index (χ0n) is 20.7. The second-order valence-electron chi connectivity index (χ2n) is 12.4. The third-order valence-electron chi connectivity index (χ3n) is 10.1. The van der Waals surface area contributed by atoms with Gasteiger partial charge in [-0.25, -0.2) is 4.79 Å². The van der Waals surface area contributed by atoms with E-state index >= 15 is 0 Å². The Morgan fingerprint density at radius 1 is 1.12 bits per heavy atom. The summed E-state index contributed by atoms with van der Waals surface area (Å²) in [6.45, 7) is 7.76. The number of hydrogen-bond donors (Lipinski definition) is 0. The topological polar surface area (TPSA) is 69.4 Å². The summed E-state index contributed by atoms with van der Waals surface area (Å²) in [4.78, 5) is 23.1. The molecule has 0 aromatic heterocycles. The SMILES string of the molecule is C[C@]12C=C[C@@]3(CC[C@@H]4[C@@](C)(COC(=O)/C=C/c5cccc([N+](=O)[O-])c5)CCC[C@@]4(C)[C@@H]3CC1)C2. The number of hydrogen-bond acceptors (Lipinski definition) is 4. The lowest BCUT2D eigenvalue weighted by Crippen LogP contribution is -2.58. The van der Waals surface area contributed by atoms with E-state index in [1.165, 1.54) is 63.2 Å². The van der Waals surface area contributed by atoms with E-state index in [4.69, 9.17) is 4.74 Å². The van der Waals surface area contributed by atoms with Gasteiger partial charge < -0.3 is 4.74 Å². The van der Waals surface area contributed by atoms with Crippen LogP contribution in [0.2, 0.25) is 0 Å². The Labute approximate surface area is 202 Å². The molecule has 4 aliphatic carbocycles. The Morgan fingerprint density at radius 3 is 2.71 bits per heavy atom. The van der Waals surface area contributed by atoms with Gasteiger partial charge in [0, 0.05) is 23.6 Å². The number of ether oxygens (including phenoxy) is 1. The molecular weight excluding hydrogens is 426 g/mol. The lowest BCUT2D eigenvalue weighted by molar-refractivity contribution is -0.384. The zero-order chi connectivity index (χ0) is 24.2. The van der Waals surface area contributed by atoms with Gasteiger partial charge in [0.1, 0.15) is 0 Å².